The number of carbonyl (C=O) groups excluding carboxylic acids is 2. The Morgan fingerprint density at radius 3 is 2.61 bits per heavy atom. The van der Waals surface area contributed by atoms with Crippen LogP contribution in [0.2, 0.25) is 0 Å². The van der Waals surface area contributed by atoms with Crippen molar-refractivity contribution in [3.63, 3.8) is 0 Å². The maximum Gasteiger partial charge on any atom is 0.255 e. The second kappa shape index (κ2) is 8.08. The van der Waals surface area contributed by atoms with E-state index in [0.717, 1.165) is 29.8 Å². The maximum atomic E-state index is 12.6. The standard InChI is InChI=1S/C22H22N4O2/c27-21-6-2-12-25(21)15-18-4-1-5-20(14-18)24-22(28)19-9-7-17(8-10-19)16-26-13-3-11-23-26/h1,3-5,7-11,13-14H,2,6,12,15-16H2,(H,24,28). The summed E-state index contributed by atoms with van der Waals surface area (Å²) in [5.41, 5.74) is 3.43. The molecule has 142 valence electrons. The third kappa shape index (κ3) is 4.28. The topological polar surface area (TPSA) is 67.2 Å². The lowest BCUT2D eigenvalue weighted by atomic mass is 10.1. The van der Waals surface area contributed by atoms with Crippen LogP contribution in [0.3, 0.4) is 0 Å². The molecule has 0 radical (unpaired) electrons. The quantitative estimate of drug-likeness (QED) is 0.720. The van der Waals surface area contributed by atoms with E-state index >= 15 is 0 Å². The zero-order valence-electron chi connectivity index (χ0n) is 15.5. The van der Waals surface area contributed by atoms with Gasteiger partial charge in [0.25, 0.3) is 5.91 Å². The Hall–Kier alpha value is -3.41. The summed E-state index contributed by atoms with van der Waals surface area (Å²) in [7, 11) is 0. The van der Waals surface area contributed by atoms with Gasteiger partial charge in [-0.2, -0.15) is 5.10 Å². The van der Waals surface area contributed by atoms with E-state index in [2.05, 4.69) is 10.4 Å². The van der Waals surface area contributed by atoms with Crippen LogP contribution in [0.4, 0.5) is 5.69 Å². The summed E-state index contributed by atoms with van der Waals surface area (Å²) in [6.45, 7) is 2.07. The third-order valence-electron chi connectivity index (χ3n) is 4.85. The summed E-state index contributed by atoms with van der Waals surface area (Å²) in [6, 6.07) is 17.1. The minimum Gasteiger partial charge on any atom is -0.338 e. The van der Waals surface area contributed by atoms with Gasteiger partial charge in [-0.15, -0.1) is 0 Å². The van der Waals surface area contributed by atoms with Crippen LogP contribution >= 0.6 is 0 Å². The second-order valence-corrected chi connectivity index (χ2v) is 6.97. The molecule has 1 aliphatic heterocycles. The van der Waals surface area contributed by atoms with E-state index in [9.17, 15) is 9.59 Å². The average molecular weight is 374 g/mol. The van der Waals surface area contributed by atoms with E-state index in [1.807, 2.05) is 70.4 Å². The highest BCUT2D eigenvalue weighted by atomic mass is 16.2. The summed E-state index contributed by atoms with van der Waals surface area (Å²) in [5, 5.41) is 7.13. The van der Waals surface area contributed by atoms with Gasteiger partial charge in [-0.3, -0.25) is 14.3 Å². The molecule has 0 spiro atoms. The van der Waals surface area contributed by atoms with E-state index in [1.54, 1.807) is 6.20 Å². The first-order valence-electron chi connectivity index (χ1n) is 9.42. The smallest absolute Gasteiger partial charge is 0.255 e. The number of benzene rings is 2. The third-order valence-corrected chi connectivity index (χ3v) is 4.85. The largest absolute Gasteiger partial charge is 0.338 e. The number of rotatable bonds is 6. The molecule has 1 N–H and O–H groups in total. The molecule has 3 aromatic rings. The van der Waals surface area contributed by atoms with Gasteiger partial charge in [-0.1, -0.05) is 24.3 Å². The fourth-order valence-corrected chi connectivity index (χ4v) is 3.38. The minimum absolute atomic E-state index is 0.153. The number of nitrogens with one attached hydrogen (secondary N) is 1. The van der Waals surface area contributed by atoms with Crippen LogP contribution in [0.25, 0.3) is 0 Å². The number of likely N-dealkylation sites (tertiary alicyclic amines) is 1. The number of nitrogens with zero attached hydrogens (tertiary/aromatic N) is 3. The highest BCUT2D eigenvalue weighted by Gasteiger charge is 2.20. The fourth-order valence-electron chi connectivity index (χ4n) is 3.38. The minimum atomic E-state index is -0.153. The molecule has 1 aliphatic rings. The van der Waals surface area contributed by atoms with E-state index in [-0.39, 0.29) is 11.8 Å². The van der Waals surface area contributed by atoms with Gasteiger partial charge >= 0.3 is 0 Å². The van der Waals surface area contributed by atoms with Crippen molar-refractivity contribution in [2.45, 2.75) is 25.9 Å². The lowest BCUT2D eigenvalue weighted by Crippen LogP contribution is -2.23. The van der Waals surface area contributed by atoms with E-state index in [0.29, 0.717) is 25.1 Å². The molecule has 0 bridgehead atoms. The van der Waals surface area contributed by atoms with E-state index in [4.69, 9.17) is 0 Å². The Morgan fingerprint density at radius 2 is 1.89 bits per heavy atom. The summed E-state index contributed by atoms with van der Waals surface area (Å²) in [6.07, 6.45) is 5.21. The van der Waals surface area contributed by atoms with Gasteiger partial charge in [0, 0.05) is 43.2 Å². The average Bonchev–Trinajstić information content (AvgIpc) is 3.35. The Balaban J connectivity index is 1.39. The molecule has 1 fully saturated rings. The first-order valence-corrected chi connectivity index (χ1v) is 9.42. The monoisotopic (exact) mass is 374 g/mol. The first kappa shape index (κ1) is 18.0. The summed E-state index contributed by atoms with van der Waals surface area (Å²) in [5.74, 6) is 0.0460. The number of anilines is 1. The van der Waals surface area contributed by atoms with Crippen molar-refractivity contribution in [1.29, 1.82) is 0 Å². The summed E-state index contributed by atoms with van der Waals surface area (Å²) in [4.78, 5) is 26.2. The van der Waals surface area contributed by atoms with Crippen LogP contribution in [0.5, 0.6) is 0 Å². The molecule has 6 heteroatoms. The number of hydrogen-bond donors (Lipinski definition) is 1. The molecule has 2 heterocycles. The van der Waals surface area contributed by atoms with Crippen LogP contribution in [-0.2, 0) is 17.9 Å². The highest BCUT2D eigenvalue weighted by molar-refractivity contribution is 6.04. The molecule has 28 heavy (non-hydrogen) atoms. The second-order valence-electron chi connectivity index (χ2n) is 6.97. The molecule has 1 saturated heterocycles. The molecule has 6 nitrogen and oxygen atoms in total. The summed E-state index contributed by atoms with van der Waals surface area (Å²) >= 11 is 0. The van der Waals surface area contributed by atoms with Crippen molar-refractivity contribution in [3.05, 3.63) is 83.7 Å². The molecular weight excluding hydrogens is 352 g/mol. The van der Waals surface area contributed by atoms with Gasteiger partial charge in [0.05, 0.1) is 6.54 Å². The van der Waals surface area contributed by atoms with Crippen LogP contribution < -0.4 is 5.32 Å². The molecule has 0 saturated carbocycles. The Bertz CT molecular complexity index is 964. The molecule has 1 aromatic heterocycles. The predicted molar refractivity (Wildman–Crippen MR) is 107 cm³/mol. The fraction of sp³-hybridized carbons (Fsp3) is 0.227. The number of amides is 2. The maximum absolute atomic E-state index is 12.6. The van der Waals surface area contributed by atoms with Crippen molar-refractivity contribution in [1.82, 2.24) is 14.7 Å². The van der Waals surface area contributed by atoms with E-state index < -0.39 is 0 Å². The highest BCUT2D eigenvalue weighted by Crippen LogP contribution is 2.18. The van der Waals surface area contributed by atoms with E-state index in [1.165, 1.54) is 0 Å². The Kier molecular flexibility index (Phi) is 5.19. The Morgan fingerprint density at radius 1 is 1.04 bits per heavy atom. The molecule has 4 rings (SSSR count). The number of carbonyl (C=O) groups is 2. The molecular formula is C22H22N4O2. The molecule has 0 aliphatic carbocycles. The zero-order chi connectivity index (χ0) is 19.3. The normalized spacial score (nSPS) is 13.7. The van der Waals surface area contributed by atoms with Crippen LogP contribution in [-0.4, -0.2) is 33.0 Å². The van der Waals surface area contributed by atoms with Crippen LogP contribution in [0, 0.1) is 0 Å². The first-order chi connectivity index (χ1) is 13.7. The lowest BCUT2D eigenvalue weighted by Gasteiger charge is -2.16. The van der Waals surface area contributed by atoms with Crippen molar-refractivity contribution >= 4 is 17.5 Å². The molecule has 2 aromatic carbocycles. The number of hydrogen-bond acceptors (Lipinski definition) is 3. The van der Waals surface area contributed by atoms with Gasteiger partial charge < -0.3 is 10.2 Å². The van der Waals surface area contributed by atoms with Crippen molar-refractivity contribution in [2.24, 2.45) is 0 Å². The van der Waals surface area contributed by atoms with Crippen molar-refractivity contribution in [3.8, 4) is 0 Å². The van der Waals surface area contributed by atoms with Crippen molar-refractivity contribution in [2.75, 3.05) is 11.9 Å². The predicted octanol–water partition coefficient (Wildman–Crippen LogP) is 3.31. The van der Waals surface area contributed by atoms with Gasteiger partial charge in [-0.25, -0.2) is 0 Å². The van der Waals surface area contributed by atoms with Crippen LogP contribution in [0.1, 0.15) is 34.3 Å². The molecule has 0 unspecified atom stereocenters. The number of aromatic nitrogens is 2. The lowest BCUT2D eigenvalue weighted by molar-refractivity contribution is -0.128. The van der Waals surface area contributed by atoms with Gasteiger partial charge in [-0.05, 0) is 47.9 Å². The van der Waals surface area contributed by atoms with Gasteiger partial charge in [0.2, 0.25) is 5.91 Å². The SMILES string of the molecule is O=C(Nc1cccc(CN2CCCC2=O)c1)c1ccc(Cn2cccn2)cc1. The van der Waals surface area contributed by atoms with Crippen LogP contribution in [0.15, 0.2) is 67.0 Å². The van der Waals surface area contributed by atoms with Gasteiger partial charge in [0.15, 0.2) is 0 Å². The van der Waals surface area contributed by atoms with Crippen molar-refractivity contribution < 1.29 is 9.59 Å². The Labute approximate surface area is 163 Å². The molecule has 0 atom stereocenters. The molecule has 2 amide bonds. The van der Waals surface area contributed by atoms with Gasteiger partial charge in [0.1, 0.15) is 0 Å². The zero-order valence-corrected chi connectivity index (χ0v) is 15.5. The summed E-state index contributed by atoms with van der Waals surface area (Å²) < 4.78 is 1.84.